The van der Waals surface area contributed by atoms with Crippen molar-refractivity contribution in [1.29, 1.82) is 0 Å². The third-order valence-corrected chi connectivity index (χ3v) is 4.22. The Balaban J connectivity index is 1.75. The Kier molecular flexibility index (Phi) is 3.97. The number of halogens is 1. The molecule has 3 nitrogen and oxygen atoms in total. The molecule has 1 aliphatic rings. The number of anilines is 1. The van der Waals surface area contributed by atoms with E-state index in [2.05, 4.69) is 27.3 Å². The number of hydrogen-bond acceptors (Lipinski definition) is 2. The van der Waals surface area contributed by atoms with Crippen molar-refractivity contribution in [3.8, 4) is 0 Å². The summed E-state index contributed by atoms with van der Waals surface area (Å²) in [6.45, 7) is 1.56. The highest BCUT2D eigenvalue weighted by atomic mass is 79.9. The first-order valence-corrected chi connectivity index (χ1v) is 7.79. The van der Waals surface area contributed by atoms with Gasteiger partial charge < -0.3 is 10.2 Å². The molecule has 0 saturated carbocycles. The molecule has 4 heteroatoms. The summed E-state index contributed by atoms with van der Waals surface area (Å²) in [5.74, 6) is 0.0477. The van der Waals surface area contributed by atoms with Crippen LogP contribution in [0.25, 0.3) is 0 Å². The summed E-state index contributed by atoms with van der Waals surface area (Å²) in [6.07, 6.45) is 1.04. The largest absolute Gasteiger partial charge is 0.384 e. The zero-order valence-electron chi connectivity index (χ0n) is 11.9. The number of nitrogens with one attached hydrogen (secondary N) is 1. The molecule has 0 fully saturated rings. The second-order valence-corrected chi connectivity index (χ2v) is 6.26. The predicted octanol–water partition coefficient (Wildman–Crippen LogP) is 3.69. The maximum Gasteiger partial charge on any atom is 0.253 e. The number of hydrogen-bond donors (Lipinski definition) is 1. The van der Waals surface area contributed by atoms with Crippen LogP contribution in [-0.4, -0.2) is 24.4 Å². The van der Waals surface area contributed by atoms with Crippen LogP contribution in [0.5, 0.6) is 0 Å². The zero-order chi connectivity index (χ0) is 14.8. The first-order valence-electron chi connectivity index (χ1n) is 7.00. The highest BCUT2D eigenvalue weighted by Crippen LogP contribution is 2.24. The van der Waals surface area contributed by atoms with Gasteiger partial charge in [-0.1, -0.05) is 34.1 Å². The van der Waals surface area contributed by atoms with Crippen LogP contribution in [0.3, 0.4) is 0 Å². The Morgan fingerprint density at radius 2 is 2.14 bits per heavy atom. The third kappa shape index (κ3) is 3.10. The Morgan fingerprint density at radius 1 is 1.29 bits per heavy atom. The summed E-state index contributed by atoms with van der Waals surface area (Å²) in [7, 11) is 1.84. The quantitative estimate of drug-likeness (QED) is 0.920. The monoisotopic (exact) mass is 344 g/mol. The van der Waals surface area contributed by atoms with Gasteiger partial charge in [-0.3, -0.25) is 4.79 Å². The summed E-state index contributed by atoms with van der Waals surface area (Å²) in [4.78, 5) is 14.3. The minimum Gasteiger partial charge on any atom is -0.384 e. The van der Waals surface area contributed by atoms with Crippen LogP contribution in [0.1, 0.15) is 21.5 Å². The summed E-state index contributed by atoms with van der Waals surface area (Å²) in [6, 6.07) is 14.0. The number of fused-ring (bicyclic) bond motifs is 1. The molecule has 2 aromatic carbocycles. The molecule has 21 heavy (non-hydrogen) atoms. The lowest BCUT2D eigenvalue weighted by molar-refractivity contribution is 0.0785. The van der Waals surface area contributed by atoms with Gasteiger partial charge in [0.15, 0.2) is 0 Å². The molecule has 1 N–H and O–H groups in total. The van der Waals surface area contributed by atoms with E-state index in [0.717, 1.165) is 34.3 Å². The molecule has 0 radical (unpaired) electrons. The van der Waals surface area contributed by atoms with E-state index in [-0.39, 0.29) is 5.91 Å². The normalized spacial score (nSPS) is 12.7. The van der Waals surface area contributed by atoms with Crippen LogP contribution >= 0.6 is 15.9 Å². The van der Waals surface area contributed by atoms with E-state index in [9.17, 15) is 4.79 Å². The van der Waals surface area contributed by atoms with Gasteiger partial charge in [-0.25, -0.2) is 0 Å². The SMILES string of the molecule is CN(Cc1cccc(Br)c1)C(=O)c1ccc2c(c1)NCC2. The Morgan fingerprint density at radius 3 is 2.95 bits per heavy atom. The van der Waals surface area contributed by atoms with E-state index in [4.69, 9.17) is 0 Å². The number of carbonyl (C=O) groups excluding carboxylic acids is 1. The van der Waals surface area contributed by atoms with Gasteiger partial charge in [0.05, 0.1) is 0 Å². The molecule has 2 aromatic rings. The van der Waals surface area contributed by atoms with E-state index >= 15 is 0 Å². The molecule has 1 amide bonds. The number of nitrogens with zero attached hydrogens (tertiary/aromatic N) is 1. The lowest BCUT2D eigenvalue weighted by Crippen LogP contribution is -2.26. The lowest BCUT2D eigenvalue weighted by atomic mass is 10.1. The molecule has 0 aromatic heterocycles. The minimum atomic E-state index is 0.0477. The standard InChI is InChI=1S/C17H17BrN2O/c1-20(11-12-3-2-4-15(18)9-12)17(21)14-6-5-13-7-8-19-16(13)10-14/h2-6,9-10,19H,7-8,11H2,1H3. The number of carbonyl (C=O) groups is 1. The zero-order valence-corrected chi connectivity index (χ0v) is 13.5. The fraction of sp³-hybridized carbons (Fsp3) is 0.235. The van der Waals surface area contributed by atoms with Crippen molar-refractivity contribution in [3.63, 3.8) is 0 Å². The summed E-state index contributed by atoms with van der Waals surface area (Å²) in [5, 5.41) is 3.31. The highest BCUT2D eigenvalue weighted by molar-refractivity contribution is 9.10. The molecule has 0 atom stereocenters. The van der Waals surface area contributed by atoms with Crippen molar-refractivity contribution in [2.75, 3.05) is 18.9 Å². The van der Waals surface area contributed by atoms with Crippen LogP contribution in [0.2, 0.25) is 0 Å². The smallest absolute Gasteiger partial charge is 0.253 e. The molecule has 1 aliphatic heterocycles. The van der Waals surface area contributed by atoms with Gasteiger partial charge in [-0.05, 0) is 41.8 Å². The number of rotatable bonds is 3. The molecule has 0 saturated heterocycles. The van der Waals surface area contributed by atoms with E-state index in [0.29, 0.717) is 6.54 Å². The minimum absolute atomic E-state index is 0.0477. The Labute approximate surface area is 133 Å². The van der Waals surface area contributed by atoms with Gasteiger partial charge in [0.1, 0.15) is 0 Å². The summed E-state index contributed by atoms with van der Waals surface area (Å²) < 4.78 is 1.03. The van der Waals surface area contributed by atoms with Crippen LogP contribution < -0.4 is 5.32 Å². The average molecular weight is 345 g/mol. The maximum absolute atomic E-state index is 12.5. The molecular weight excluding hydrogens is 328 g/mol. The van der Waals surface area contributed by atoms with Crippen LogP contribution in [-0.2, 0) is 13.0 Å². The summed E-state index contributed by atoms with van der Waals surface area (Å²) in [5.41, 5.74) is 4.23. The molecule has 0 bridgehead atoms. The first kappa shape index (κ1) is 14.1. The van der Waals surface area contributed by atoms with Crippen molar-refractivity contribution in [2.45, 2.75) is 13.0 Å². The van der Waals surface area contributed by atoms with Gasteiger partial charge in [0.2, 0.25) is 0 Å². The molecule has 108 valence electrons. The fourth-order valence-electron chi connectivity index (χ4n) is 2.63. The summed E-state index contributed by atoms with van der Waals surface area (Å²) >= 11 is 3.46. The fourth-order valence-corrected chi connectivity index (χ4v) is 3.07. The van der Waals surface area contributed by atoms with E-state index < -0.39 is 0 Å². The molecule has 1 heterocycles. The van der Waals surface area contributed by atoms with E-state index in [1.165, 1.54) is 5.56 Å². The van der Waals surface area contributed by atoms with E-state index in [1.54, 1.807) is 4.90 Å². The van der Waals surface area contributed by atoms with E-state index in [1.807, 2.05) is 43.4 Å². The lowest BCUT2D eigenvalue weighted by Gasteiger charge is -2.18. The second kappa shape index (κ2) is 5.90. The Bertz CT molecular complexity index is 684. The average Bonchev–Trinajstić information content (AvgIpc) is 2.93. The first-order chi connectivity index (χ1) is 10.1. The van der Waals surface area contributed by atoms with Gasteiger partial charge in [0, 0.05) is 35.9 Å². The molecule has 3 rings (SSSR count). The third-order valence-electron chi connectivity index (χ3n) is 3.72. The predicted molar refractivity (Wildman–Crippen MR) is 88.6 cm³/mol. The molecular formula is C17H17BrN2O. The maximum atomic E-state index is 12.5. The second-order valence-electron chi connectivity index (χ2n) is 5.34. The topological polar surface area (TPSA) is 32.3 Å². The molecule has 0 unspecified atom stereocenters. The van der Waals surface area contributed by atoms with Gasteiger partial charge >= 0.3 is 0 Å². The van der Waals surface area contributed by atoms with Crippen molar-refractivity contribution in [3.05, 3.63) is 63.6 Å². The number of amides is 1. The van der Waals surface area contributed by atoms with Crippen molar-refractivity contribution >= 4 is 27.5 Å². The van der Waals surface area contributed by atoms with Crippen molar-refractivity contribution < 1.29 is 4.79 Å². The number of benzene rings is 2. The molecule has 0 spiro atoms. The Hall–Kier alpha value is -1.81. The van der Waals surface area contributed by atoms with Gasteiger partial charge in [0.25, 0.3) is 5.91 Å². The molecule has 0 aliphatic carbocycles. The van der Waals surface area contributed by atoms with Crippen LogP contribution in [0, 0.1) is 0 Å². The van der Waals surface area contributed by atoms with Gasteiger partial charge in [-0.2, -0.15) is 0 Å². The van der Waals surface area contributed by atoms with Crippen molar-refractivity contribution in [2.24, 2.45) is 0 Å². The highest BCUT2D eigenvalue weighted by Gasteiger charge is 2.16. The van der Waals surface area contributed by atoms with Crippen LogP contribution in [0.15, 0.2) is 46.9 Å². The van der Waals surface area contributed by atoms with Crippen molar-refractivity contribution in [1.82, 2.24) is 4.90 Å². The van der Waals surface area contributed by atoms with Gasteiger partial charge in [-0.15, -0.1) is 0 Å². The van der Waals surface area contributed by atoms with Crippen LogP contribution in [0.4, 0.5) is 5.69 Å².